The highest BCUT2D eigenvalue weighted by molar-refractivity contribution is 7.92. The molecule has 0 saturated heterocycles. The molecule has 0 spiro atoms. The highest BCUT2D eigenvalue weighted by Gasteiger charge is 2.18. The maximum atomic E-state index is 12.6. The van der Waals surface area contributed by atoms with Crippen LogP contribution in [0.5, 0.6) is 0 Å². The number of carbonyl (C=O) groups excluding carboxylic acids is 1. The standard InChI is InChI=1S/C19H12Cl3N3O5S/c20-15-9-6-12(25(27)28)10-14(15)19(26)23-11-4-7-13(8-5-11)31(29,30)24-17-3-1-2-16(21)18(17)22/h1-10,24H,(H,23,26). The van der Waals surface area contributed by atoms with E-state index < -0.39 is 20.9 Å². The molecule has 0 bridgehead atoms. The van der Waals surface area contributed by atoms with Gasteiger partial charge in [-0.2, -0.15) is 0 Å². The summed E-state index contributed by atoms with van der Waals surface area (Å²) in [7, 11) is -3.97. The van der Waals surface area contributed by atoms with Gasteiger partial charge in [0.15, 0.2) is 0 Å². The third kappa shape index (κ3) is 5.26. The van der Waals surface area contributed by atoms with Gasteiger partial charge in [-0.15, -0.1) is 0 Å². The molecule has 3 aromatic carbocycles. The first-order valence-corrected chi connectivity index (χ1v) is 11.0. The second-order valence-electron chi connectivity index (χ2n) is 6.11. The molecule has 0 saturated carbocycles. The van der Waals surface area contributed by atoms with Crippen LogP contribution in [0.25, 0.3) is 0 Å². The van der Waals surface area contributed by atoms with E-state index in [4.69, 9.17) is 34.8 Å². The van der Waals surface area contributed by atoms with Gasteiger partial charge in [0.25, 0.3) is 21.6 Å². The molecule has 0 aliphatic carbocycles. The van der Waals surface area contributed by atoms with Crippen molar-refractivity contribution in [2.24, 2.45) is 0 Å². The summed E-state index contributed by atoms with van der Waals surface area (Å²) in [5.41, 5.74) is -0.00857. The highest BCUT2D eigenvalue weighted by atomic mass is 35.5. The van der Waals surface area contributed by atoms with Crippen LogP contribution in [-0.4, -0.2) is 19.2 Å². The lowest BCUT2D eigenvalue weighted by Crippen LogP contribution is -2.15. The molecule has 31 heavy (non-hydrogen) atoms. The number of benzene rings is 3. The van der Waals surface area contributed by atoms with Crippen molar-refractivity contribution in [3.8, 4) is 0 Å². The molecule has 2 N–H and O–H groups in total. The van der Waals surface area contributed by atoms with Gasteiger partial charge < -0.3 is 5.32 Å². The zero-order valence-corrected chi connectivity index (χ0v) is 18.4. The lowest BCUT2D eigenvalue weighted by Gasteiger charge is -2.11. The zero-order valence-electron chi connectivity index (χ0n) is 15.3. The Labute approximate surface area is 191 Å². The second kappa shape index (κ2) is 9.11. The first-order valence-electron chi connectivity index (χ1n) is 8.40. The summed E-state index contributed by atoms with van der Waals surface area (Å²) in [4.78, 5) is 22.6. The van der Waals surface area contributed by atoms with Gasteiger partial charge in [0.1, 0.15) is 0 Å². The fourth-order valence-corrected chi connectivity index (χ4v) is 4.18. The van der Waals surface area contributed by atoms with Crippen LogP contribution in [0.2, 0.25) is 15.1 Å². The third-order valence-electron chi connectivity index (χ3n) is 4.02. The number of rotatable bonds is 6. The summed E-state index contributed by atoms with van der Waals surface area (Å²) >= 11 is 17.9. The van der Waals surface area contributed by atoms with Gasteiger partial charge in [-0.3, -0.25) is 19.6 Å². The molecule has 0 aliphatic rings. The van der Waals surface area contributed by atoms with E-state index in [0.29, 0.717) is 0 Å². The smallest absolute Gasteiger partial charge is 0.270 e. The molecular formula is C19H12Cl3N3O5S. The van der Waals surface area contributed by atoms with E-state index in [2.05, 4.69) is 10.0 Å². The summed E-state index contributed by atoms with van der Waals surface area (Å²) < 4.78 is 27.5. The van der Waals surface area contributed by atoms with Gasteiger partial charge >= 0.3 is 0 Å². The number of carbonyl (C=O) groups is 1. The number of sulfonamides is 1. The third-order valence-corrected chi connectivity index (χ3v) is 6.55. The number of anilines is 2. The van der Waals surface area contributed by atoms with Gasteiger partial charge in [-0.25, -0.2) is 8.42 Å². The molecule has 0 heterocycles. The average Bonchev–Trinajstić information content (AvgIpc) is 2.72. The lowest BCUT2D eigenvalue weighted by atomic mass is 10.2. The lowest BCUT2D eigenvalue weighted by molar-refractivity contribution is -0.384. The molecule has 3 aromatic rings. The normalized spacial score (nSPS) is 11.1. The first-order chi connectivity index (χ1) is 14.6. The minimum atomic E-state index is -3.97. The maximum Gasteiger partial charge on any atom is 0.270 e. The Balaban J connectivity index is 1.78. The van der Waals surface area contributed by atoms with Gasteiger partial charge in [-0.1, -0.05) is 40.9 Å². The van der Waals surface area contributed by atoms with Crippen molar-refractivity contribution < 1.29 is 18.1 Å². The Morgan fingerprint density at radius 3 is 2.26 bits per heavy atom. The van der Waals surface area contributed by atoms with Crippen LogP contribution in [0.15, 0.2) is 65.6 Å². The molecule has 0 aromatic heterocycles. The molecule has 3 rings (SSSR count). The van der Waals surface area contributed by atoms with Crippen LogP contribution in [0, 0.1) is 10.1 Å². The van der Waals surface area contributed by atoms with E-state index in [1.165, 1.54) is 48.5 Å². The number of hydrogen-bond acceptors (Lipinski definition) is 5. The van der Waals surface area contributed by atoms with Crippen LogP contribution in [0.1, 0.15) is 10.4 Å². The number of hydrogen-bond donors (Lipinski definition) is 2. The van der Waals surface area contributed by atoms with Crippen molar-refractivity contribution in [2.45, 2.75) is 4.90 Å². The molecule has 0 radical (unpaired) electrons. The van der Waals surface area contributed by atoms with Crippen molar-refractivity contribution in [2.75, 3.05) is 10.0 Å². The van der Waals surface area contributed by atoms with Gasteiger partial charge in [0.2, 0.25) is 0 Å². The molecule has 0 fully saturated rings. The molecule has 12 heteroatoms. The number of nitro groups is 1. The van der Waals surface area contributed by atoms with Crippen LogP contribution in [0.4, 0.5) is 17.1 Å². The van der Waals surface area contributed by atoms with E-state index in [0.717, 1.165) is 6.07 Å². The molecule has 0 atom stereocenters. The predicted molar refractivity (Wildman–Crippen MR) is 120 cm³/mol. The summed E-state index contributed by atoms with van der Waals surface area (Å²) in [5.74, 6) is -0.687. The average molecular weight is 501 g/mol. The van der Waals surface area contributed by atoms with E-state index in [-0.39, 0.29) is 42.6 Å². The molecule has 160 valence electrons. The summed E-state index contributed by atoms with van der Waals surface area (Å²) in [6.45, 7) is 0. The predicted octanol–water partition coefficient (Wildman–Crippen LogP) is 5.61. The SMILES string of the molecule is O=C(Nc1ccc(S(=O)(=O)Nc2cccc(Cl)c2Cl)cc1)c1cc([N+](=O)[O-])ccc1Cl. The monoisotopic (exact) mass is 499 g/mol. The summed E-state index contributed by atoms with van der Waals surface area (Å²) in [5, 5.41) is 13.7. The van der Waals surface area contributed by atoms with Crippen LogP contribution in [-0.2, 0) is 10.0 Å². The Kier molecular flexibility index (Phi) is 6.71. The molecule has 0 unspecified atom stereocenters. The Morgan fingerprint density at radius 1 is 0.935 bits per heavy atom. The van der Waals surface area contributed by atoms with E-state index in [1.807, 2.05) is 0 Å². The fraction of sp³-hybridized carbons (Fsp3) is 0. The van der Waals surface area contributed by atoms with Crippen LogP contribution in [0.3, 0.4) is 0 Å². The van der Waals surface area contributed by atoms with E-state index in [9.17, 15) is 23.3 Å². The quantitative estimate of drug-likeness (QED) is 0.337. The molecule has 0 aliphatic heterocycles. The topological polar surface area (TPSA) is 118 Å². The minimum absolute atomic E-state index is 0.0323. The fourth-order valence-electron chi connectivity index (χ4n) is 2.50. The van der Waals surface area contributed by atoms with Crippen molar-refractivity contribution in [3.63, 3.8) is 0 Å². The summed E-state index contributed by atoms with van der Waals surface area (Å²) in [6, 6.07) is 13.3. The first kappa shape index (κ1) is 22.8. The van der Waals surface area contributed by atoms with Crippen molar-refractivity contribution in [1.82, 2.24) is 0 Å². The number of amides is 1. The number of nitrogens with zero attached hydrogens (tertiary/aromatic N) is 1. The van der Waals surface area contributed by atoms with Gasteiger partial charge in [0, 0.05) is 17.8 Å². The second-order valence-corrected chi connectivity index (χ2v) is 8.98. The highest BCUT2D eigenvalue weighted by Crippen LogP contribution is 2.31. The van der Waals surface area contributed by atoms with E-state index in [1.54, 1.807) is 6.07 Å². The maximum absolute atomic E-state index is 12.6. The zero-order chi connectivity index (χ0) is 22.8. The Morgan fingerprint density at radius 2 is 1.61 bits per heavy atom. The Hall–Kier alpha value is -2.85. The van der Waals surface area contributed by atoms with Crippen molar-refractivity contribution >= 4 is 67.8 Å². The van der Waals surface area contributed by atoms with E-state index >= 15 is 0 Å². The largest absolute Gasteiger partial charge is 0.322 e. The molecule has 1 amide bonds. The van der Waals surface area contributed by atoms with Crippen LogP contribution >= 0.6 is 34.8 Å². The molecular weight excluding hydrogens is 489 g/mol. The number of non-ortho nitro benzene ring substituents is 1. The molecule has 8 nitrogen and oxygen atoms in total. The van der Waals surface area contributed by atoms with Gasteiger partial charge in [-0.05, 0) is 42.5 Å². The van der Waals surface area contributed by atoms with Crippen molar-refractivity contribution in [1.29, 1.82) is 0 Å². The number of halogens is 3. The van der Waals surface area contributed by atoms with Crippen molar-refractivity contribution in [3.05, 3.63) is 91.4 Å². The minimum Gasteiger partial charge on any atom is -0.322 e. The number of nitrogens with one attached hydrogen (secondary N) is 2. The van der Waals surface area contributed by atoms with Gasteiger partial charge in [0.05, 0.1) is 36.1 Å². The Bertz CT molecular complexity index is 1280. The van der Waals surface area contributed by atoms with Crippen LogP contribution < -0.4 is 10.0 Å². The number of nitro benzene ring substituents is 1. The summed E-state index contributed by atoms with van der Waals surface area (Å²) in [6.07, 6.45) is 0.